The highest BCUT2D eigenvalue weighted by Gasteiger charge is 2.25. The molecule has 0 radical (unpaired) electrons. The highest BCUT2D eigenvalue weighted by atomic mass is 16.7. The van der Waals surface area contributed by atoms with E-state index in [-0.39, 0.29) is 38.2 Å². The first kappa shape index (κ1) is 53.3. The molecule has 0 saturated carbocycles. The van der Waals surface area contributed by atoms with Gasteiger partial charge in [-0.3, -0.25) is 9.59 Å². The molecule has 0 aromatic rings. The number of nitrogens with zero attached hydrogens (tertiary/aromatic N) is 1. The average molecular weight is 785 g/mol. The number of likely N-dealkylation sites (N-methyl/N-ethyl adjacent to an activating group) is 1. The van der Waals surface area contributed by atoms with E-state index in [1.165, 1.54) is 154 Å². The van der Waals surface area contributed by atoms with Gasteiger partial charge in [-0.25, -0.2) is 4.79 Å². The van der Waals surface area contributed by atoms with Crippen LogP contribution in [0.5, 0.6) is 0 Å². The number of esters is 2. The van der Waals surface area contributed by atoms with Crippen LogP contribution >= 0.6 is 0 Å². The van der Waals surface area contributed by atoms with Crippen LogP contribution < -0.4 is 0 Å². The highest BCUT2D eigenvalue weighted by Crippen LogP contribution is 2.16. The molecule has 2 atom stereocenters. The van der Waals surface area contributed by atoms with Crippen molar-refractivity contribution >= 4 is 17.9 Å². The fourth-order valence-electron chi connectivity index (χ4n) is 6.72. The molecule has 0 spiro atoms. The van der Waals surface area contributed by atoms with Crippen molar-refractivity contribution in [3.63, 3.8) is 0 Å². The lowest BCUT2D eigenvalue weighted by molar-refractivity contribution is -0.870. The Morgan fingerprint density at radius 2 is 0.818 bits per heavy atom. The smallest absolute Gasteiger partial charge is 0.361 e. The monoisotopic (exact) mass is 785 g/mol. The number of hydrogen-bond acceptors (Lipinski definition) is 7. The van der Waals surface area contributed by atoms with Gasteiger partial charge in [-0.05, 0) is 12.8 Å². The zero-order valence-corrected chi connectivity index (χ0v) is 36.9. The second kappa shape index (κ2) is 39.1. The zero-order valence-electron chi connectivity index (χ0n) is 36.9. The first-order chi connectivity index (χ1) is 26.6. The van der Waals surface area contributed by atoms with E-state index in [1.54, 1.807) is 0 Å². The van der Waals surface area contributed by atoms with Gasteiger partial charge in [-0.2, -0.15) is 0 Å². The first-order valence-electron chi connectivity index (χ1n) is 23.2. The van der Waals surface area contributed by atoms with E-state index in [4.69, 9.17) is 18.9 Å². The molecular weight excluding hydrogens is 695 g/mol. The Kier molecular flexibility index (Phi) is 37.9. The van der Waals surface area contributed by atoms with Crippen LogP contribution in [0.3, 0.4) is 0 Å². The topological polar surface area (TPSA) is 108 Å². The van der Waals surface area contributed by atoms with Crippen LogP contribution in [-0.2, 0) is 33.3 Å². The van der Waals surface area contributed by atoms with E-state index in [9.17, 15) is 19.5 Å². The zero-order chi connectivity index (χ0) is 40.7. The van der Waals surface area contributed by atoms with Crippen LogP contribution in [-0.4, -0.2) is 87.4 Å². The molecule has 0 aromatic heterocycles. The third-order valence-electron chi connectivity index (χ3n) is 10.4. The van der Waals surface area contributed by atoms with Gasteiger partial charge in [0.25, 0.3) is 6.29 Å². The lowest BCUT2D eigenvalue weighted by atomic mass is 10.0. The number of ether oxygens (including phenoxy) is 4. The molecule has 2 unspecified atom stereocenters. The fourth-order valence-corrected chi connectivity index (χ4v) is 6.72. The minimum atomic E-state index is -1.50. The Bertz CT molecular complexity index is 876. The van der Waals surface area contributed by atoms with Crippen molar-refractivity contribution < 1.29 is 42.9 Å². The second-order valence-electron chi connectivity index (χ2n) is 17.1. The Morgan fingerprint density at radius 1 is 0.473 bits per heavy atom. The molecule has 0 rings (SSSR count). The molecular formula is C46H90NO8+. The molecule has 0 aliphatic heterocycles. The summed E-state index contributed by atoms with van der Waals surface area (Å²) in [6, 6.07) is 0. The van der Waals surface area contributed by atoms with Gasteiger partial charge in [-0.15, -0.1) is 0 Å². The summed E-state index contributed by atoms with van der Waals surface area (Å²) in [6.07, 6.45) is 35.8. The maximum Gasteiger partial charge on any atom is 0.361 e. The Hall–Kier alpha value is -1.71. The molecule has 326 valence electrons. The van der Waals surface area contributed by atoms with Crippen LogP contribution in [0.25, 0.3) is 0 Å². The quantitative estimate of drug-likeness (QED) is 0.0282. The number of aliphatic carboxylic acids is 1. The number of carbonyl (C=O) groups excluding carboxylic acids is 2. The minimum Gasteiger partial charge on any atom is -0.477 e. The van der Waals surface area contributed by atoms with Crippen LogP contribution in [0.2, 0.25) is 0 Å². The predicted octanol–water partition coefficient (Wildman–Crippen LogP) is 12.1. The van der Waals surface area contributed by atoms with Crippen molar-refractivity contribution in [2.24, 2.45) is 0 Å². The van der Waals surface area contributed by atoms with Crippen molar-refractivity contribution in [2.75, 3.05) is 47.5 Å². The first-order valence-corrected chi connectivity index (χ1v) is 23.2. The van der Waals surface area contributed by atoms with E-state index >= 15 is 0 Å². The summed E-state index contributed by atoms with van der Waals surface area (Å²) < 4.78 is 22.8. The van der Waals surface area contributed by atoms with Gasteiger partial charge < -0.3 is 28.5 Å². The number of rotatable bonds is 43. The van der Waals surface area contributed by atoms with E-state index in [2.05, 4.69) is 13.8 Å². The Labute approximate surface area is 339 Å². The summed E-state index contributed by atoms with van der Waals surface area (Å²) in [4.78, 5) is 37.1. The standard InChI is InChI=1S/C46H89NO8/c1-6-8-10-12-14-16-18-20-22-23-25-27-29-31-33-35-37-44(49)55-42(41-54-46(45(50)51)52-39-38-47(3,4)5)40-53-43(48)36-34-32-30-28-26-24-21-19-17-15-13-11-9-7-2/h42,46H,6-41H2,1-5H3/p+1. The van der Waals surface area contributed by atoms with Gasteiger partial charge in [0.1, 0.15) is 13.2 Å². The number of carboxylic acids is 1. The molecule has 0 aromatic carbocycles. The molecule has 0 amide bonds. The molecule has 0 aliphatic rings. The highest BCUT2D eigenvalue weighted by molar-refractivity contribution is 5.71. The van der Waals surface area contributed by atoms with E-state index in [0.717, 1.165) is 38.5 Å². The van der Waals surface area contributed by atoms with Gasteiger partial charge in [0.15, 0.2) is 6.10 Å². The molecule has 9 heteroatoms. The lowest BCUT2D eigenvalue weighted by Crippen LogP contribution is -2.40. The maximum absolute atomic E-state index is 12.8. The largest absolute Gasteiger partial charge is 0.477 e. The summed E-state index contributed by atoms with van der Waals surface area (Å²) in [5, 5.41) is 9.63. The normalized spacial score (nSPS) is 12.8. The van der Waals surface area contributed by atoms with Gasteiger partial charge in [0.05, 0.1) is 34.4 Å². The van der Waals surface area contributed by atoms with Crippen LogP contribution in [0.15, 0.2) is 0 Å². The third kappa shape index (κ3) is 40.3. The Balaban J connectivity index is 4.38. The van der Waals surface area contributed by atoms with Crippen LogP contribution in [0.1, 0.15) is 219 Å². The molecule has 0 fully saturated rings. The molecule has 9 nitrogen and oxygen atoms in total. The number of carbonyl (C=O) groups is 3. The molecule has 0 heterocycles. The van der Waals surface area contributed by atoms with Gasteiger partial charge in [-0.1, -0.05) is 194 Å². The minimum absolute atomic E-state index is 0.173. The SMILES string of the molecule is CCCCCCCCCCCCCCCCCCC(=O)OC(COC(=O)CCCCCCCCCCCCCCCC)COC(OCC[N+](C)(C)C)C(=O)O. The van der Waals surface area contributed by atoms with Crippen molar-refractivity contribution in [3.05, 3.63) is 0 Å². The summed E-state index contributed by atoms with van der Waals surface area (Å²) in [7, 11) is 5.96. The second-order valence-corrected chi connectivity index (χ2v) is 17.1. The Morgan fingerprint density at radius 3 is 1.16 bits per heavy atom. The summed E-state index contributed by atoms with van der Waals surface area (Å²) >= 11 is 0. The van der Waals surface area contributed by atoms with Gasteiger partial charge in [0.2, 0.25) is 0 Å². The van der Waals surface area contributed by atoms with Crippen LogP contribution in [0, 0.1) is 0 Å². The number of carboxylic acid groups (broad SMARTS) is 1. The predicted molar refractivity (Wildman–Crippen MR) is 226 cm³/mol. The number of quaternary nitrogens is 1. The van der Waals surface area contributed by atoms with Crippen molar-refractivity contribution in [1.29, 1.82) is 0 Å². The molecule has 55 heavy (non-hydrogen) atoms. The van der Waals surface area contributed by atoms with Crippen molar-refractivity contribution in [2.45, 2.75) is 232 Å². The van der Waals surface area contributed by atoms with Gasteiger partial charge in [0, 0.05) is 12.8 Å². The van der Waals surface area contributed by atoms with E-state index in [1.807, 2.05) is 21.1 Å². The average Bonchev–Trinajstić information content (AvgIpc) is 3.14. The number of unbranched alkanes of at least 4 members (excludes halogenated alkanes) is 28. The molecule has 0 saturated heterocycles. The molecule has 0 bridgehead atoms. The maximum atomic E-state index is 12.8. The fraction of sp³-hybridized carbons (Fsp3) is 0.935. The lowest BCUT2D eigenvalue weighted by Gasteiger charge is -2.25. The number of hydrogen-bond donors (Lipinski definition) is 1. The van der Waals surface area contributed by atoms with E-state index < -0.39 is 18.4 Å². The van der Waals surface area contributed by atoms with Crippen molar-refractivity contribution in [1.82, 2.24) is 0 Å². The summed E-state index contributed by atoms with van der Waals surface area (Å²) in [5.41, 5.74) is 0. The summed E-state index contributed by atoms with van der Waals surface area (Å²) in [5.74, 6) is -1.99. The van der Waals surface area contributed by atoms with E-state index in [0.29, 0.717) is 17.4 Å². The third-order valence-corrected chi connectivity index (χ3v) is 10.4. The molecule has 0 aliphatic carbocycles. The molecule has 1 N–H and O–H groups in total. The summed E-state index contributed by atoms with van der Waals surface area (Å²) in [6.45, 7) is 4.91. The van der Waals surface area contributed by atoms with Crippen LogP contribution in [0.4, 0.5) is 0 Å². The van der Waals surface area contributed by atoms with Gasteiger partial charge >= 0.3 is 17.9 Å². The van der Waals surface area contributed by atoms with Crippen molar-refractivity contribution in [3.8, 4) is 0 Å².